The van der Waals surface area contributed by atoms with Crippen molar-refractivity contribution in [3.63, 3.8) is 0 Å². The van der Waals surface area contributed by atoms with Crippen molar-refractivity contribution in [1.82, 2.24) is 9.62 Å². The fraction of sp³-hybridized carbons (Fsp3) is 0.462. The summed E-state index contributed by atoms with van der Waals surface area (Å²) in [4.78, 5) is 27.9. The number of carbonyl (C=O) groups excluding carboxylic acids is 2. The summed E-state index contributed by atoms with van der Waals surface area (Å²) in [6.07, 6.45) is -2.03. The van der Waals surface area contributed by atoms with Crippen LogP contribution in [-0.4, -0.2) is 62.5 Å². The fourth-order valence-electron chi connectivity index (χ4n) is 4.39. The molecule has 214 valence electrons. The third-order valence-corrected chi connectivity index (χ3v) is 10.2. The molecule has 1 saturated heterocycles. The van der Waals surface area contributed by atoms with Gasteiger partial charge in [-0.25, -0.2) is 16.8 Å². The first kappa shape index (κ1) is 31.3. The number of sulfone groups is 1. The van der Waals surface area contributed by atoms with Gasteiger partial charge in [-0.05, 0) is 63.1 Å². The molecule has 2 amide bonds. The van der Waals surface area contributed by atoms with E-state index in [4.69, 9.17) is 27.9 Å². The molecule has 2 aromatic rings. The maximum absolute atomic E-state index is 13.9. The van der Waals surface area contributed by atoms with Crippen molar-refractivity contribution in [1.29, 1.82) is 0 Å². The second kappa shape index (κ2) is 11.7. The highest BCUT2D eigenvalue weighted by Gasteiger charge is 2.48. The Hall–Kier alpha value is -2.18. The van der Waals surface area contributed by atoms with Crippen molar-refractivity contribution in [3.8, 4) is 0 Å². The van der Waals surface area contributed by atoms with Crippen molar-refractivity contribution < 1.29 is 31.2 Å². The molecule has 0 aromatic heterocycles. The molecule has 1 aliphatic rings. The molecule has 1 unspecified atom stereocenters. The van der Waals surface area contributed by atoms with Gasteiger partial charge in [-0.3, -0.25) is 14.3 Å². The van der Waals surface area contributed by atoms with Crippen LogP contribution in [0.25, 0.3) is 0 Å². The highest BCUT2D eigenvalue weighted by atomic mass is 35.5. The van der Waals surface area contributed by atoms with Crippen molar-refractivity contribution in [2.24, 2.45) is 0 Å². The zero-order chi connectivity index (χ0) is 29.3. The van der Waals surface area contributed by atoms with Crippen LogP contribution < -0.4 is 4.72 Å². The van der Waals surface area contributed by atoms with E-state index >= 15 is 0 Å². The lowest BCUT2D eigenvalue weighted by Crippen LogP contribution is -2.57. The molecule has 3 rings (SSSR count). The Morgan fingerprint density at radius 2 is 1.64 bits per heavy atom. The van der Waals surface area contributed by atoms with Crippen molar-refractivity contribution in [2.75, 3.05) is 12.0 Å². The molecule has 0 aliphatic carbocycles. The van der Waals surface area contributed by atoms with Crippen LogP contribution >= 0.6 is 23.2 Å². The third kappa shape index (κ3) is 7.73. The second-order valence-electron chi connectivity index (χ2n) is 10.6. The predicted molar refractivity (Wildman–Crippen MR) is 151 cm³/mol. The van der Waals surface area contributed by atoms with Crippen LogP contribution in [0.5, 0.6) is 0 Å². The number of ether oxygens (including phenoxy) is 1. The van der Waals surface area contributed by atoms with Gasteiger partial charge in [-0.1, -0.05) is 47.5 Å². The highest BCUT2D eigenvalue weighted by Crippen LogP contribution is 2.44. The summed E-state index contributed by atoms with van der Waals surface area (Å²) in [5.41, 5.74) is 1.20. The Bertz CT molecular complexity index is 1440. The Morgan fingerprint density at radius 3 is 2.18 bits per heavy atom. The molecule has 39 heavy (non-hydrogen) atoms. The first-order chi connectivity index (χ1) is 17.9. The first-order valence-electron chi connectivity index (χ1n) is 12.1. The lowest BCUT2D eigenvalue weighted by atomic mass is 9.90. The number of amides is 2. The monoisotopic (exact) mass is 618 g/mol. The van der Waals surface area contributed by atoms with Crippen molar-refractivity contribution in [2.45, 2.75) is 63.2 Å². The number of sulfonamides is 1. The summed E-state index contributed by atoms with van der Waals surface area (Å²) in [6, 6.07) is 11.9. The number of rotatable bonds is 8. The molecule has 0 saturated carbocycles. The number of nitrogens with zero attached hydrogens (tertiary/aromatic N) is 1. The van der Waals surface area contributed by atoms with Crippen LogP contribution in [0.3, 0.4) is 0 Å². The highest BCUT2D eigenvalue weighted by molar-refractivity contribution is 7.92. The van der Waals surface area contributed by atoms with Gasteiger partial charge in [0.1, 0.15) is 12.2 Å². The van der Waals surface area contributed by atoms with Gasteiger partial charge in [-0.2, -0.15) is 0 Å². The zero-order valence-electron chi connectivity index (χ0n) is 22.2. The van der Waals surface area contributed by atoms with Gasteiger partial charge in [0, 0.05) is 16.1 Å². The van der Waals surface area contributed by atoms with Crippen molar-refractivity contribution >= 4 is 54.9 Å². The Balaban J connectivity index is 2.16. The molecule has 4 atom stereocenters. The number of carbonyl (C=O) groups is 2. The van der Waals surface area contributed by atoms with Crippen LogP contribution in [0.15, 0.2) is 48.5 Å². The summed E-state index contributed by atoms with van der Waals surface area (Å²) < 4.78 is 56.6. The van der Waals surface area contributed by atoms with Gasteiger partial charge in [-0.15, -0.1) is 0 Å². The molecule has 0 bridgehead atoms. The van der Waals surface area contributed by atoms with E-state index in [0.717, 1.165) is 6.26 Å². The average molecular weight is 620 g/mol. The molecular weight excluding hydrogens is 587 g/mol. The molecule has 9 nitrogen and oxygen atoms in total. The number of morpholine rings is 1. The summed E-state index contributed by atoms with van der Waals surface area (Å²) in [5, 5.41) is 0.871. The van der Waals surface area contributed by atoms with E-state index in [9.17, 15) is 26.4 Å². The quantitative estimate of drug-likeness (QED) is 0.472. The lowest BCUT2D eigenvalue weighted by Gasteiger charge is -2.47. The number of hydrogen-bond donors (Lipinski definition) is 1. The Morgan fingerprint density at radius 1 is 1.03 bits per heavy atom. The third-order valence-electron chi connectivity index (χ3n) is 6.35. The largest absolute Gasteiger partial charge is 0.357 e. The molecule has 1 fully saturated rings. The standard InChI is InChI=1S/C26H32Cl2N2O7S2/c1-16(15-39(35,36)26(2,3)4)30-23(17-9-11-19(27)12-10-17)24(18-7-6-8-20(28)13-18)37-21(25(30)32)14-22(31)29-38(5,33)34/h6-13,16,21,23-24H,14-15H2,1-5H3,(H,29,31)/t16?,21-,23-,24-/m1/s1. The molecule has 1 aliphatic heterocycles. The number of benzene rings is 2. The van der Waals surface area contributed by atoms with Gasteiger partial charge in [0.2, 0.25) is 15.9 Å². The van der Waals surface area contributed by atoms with Crippen LogP contribution in [0.2, 0.25) is 10.0 Å². The molecule has 13 heteroatoms. The van der Waals surface area contributed by atoms with Crippen LogP contribution in [0.1, 0.15) is 57.4 Å². The molecule has 0 spiro atoms. The van der Waals surface area contributed by atoms with E-state index in [1.165, 1.54) is 4.90 Å². The van der Waals surface area contributed by atoms with Crippen LogP contribution in [0, 0.1) is 0 Å². The van der Waals surface area contributed by atoms with Crippen LogP contribution in [-0.2, 0) is 34.2 Å². The van der Waals surface area contributed by atoms with Gasteiger partial charge < -0.3 is 9.64 Å². The molecule has 1 heterocycles. The number of hydrogen-bond acceptors (Lipinski definition) is 7. The van der Waals surface area contributed by atoms with E-state index in [0.29, 0.717) is 21.2 Å². The maximum Gasteiger partial charge on any atom is 0.253 e. The second-order valence-corrected chi connectivity index (χ2v) is 16.0. The predicted octanol–water partition coefficient (Wildman–Crippen LogP) is 4.07. The summed E-state index contributed by atoms with van der Waals surface area (Å²) in [5.74, 6) is -1.93. The number of halogens is 2. The minimum atomic E-state index is -3.88. The van der Waals surface area contributed by atoms with E-state index in [1.807, 2.05) is 4.72 Å². The lowest BCUT2D eigenvalue weighted by molar-refractivity contribution is -0.179. The normalized spacial score (nSPS) is 21.5. The van der Waals surface area contributed by atoms with Gasteiger partial charge in [0.05, 0.1) is 29.2 Å². The minimum Gasteiger partial charge on any atom is -0.357 e. The van der Waals surface area contributed by atoms with Crippen LogP contribution in [0.4, 0.5) is 0 Å². The zero-order valence-corrected chi connectivity index (χ0v) is 25.4. The first-order valence-corrected chi connectivity index (χ1v) is 16.4. The molecule has 1 N–H and O–H groups in total. The number of nitrogens with one attached hydrogen (secondary N) is 1. The SMILES string of the molecule is CC(CS(=O)(=O)C(C)(C)C)N1C(=O)[C@@H](CC(=O)NS(C)(=O)=O)O[C@H](c2cccc(Cl)c2)[C@H]1c1ccc(Cl)cc1. The Labute approximate surface area is 239 Å². The van der Waals surface area contributed by atoms with Gasteiger partial charge in [0.15, 0.2) is 9.84 Å². The van der Waals surface area contributed by atoms with E-state index in [1.54, 1.807) is 76.2 Å². The molecule has 2 aromatic carbocycles. The fourth-order valence-corrected chi connectivity index (χ4v) is 6.51. The smallest absolute Gasteiger partial charge is 0.253 e. The molecular formula is C26H32Cl2N2O7S2. The van der Waals surface area contributed by atoms with E-state index in [-0.39, 0.29) is 5.75 Å². The van der Waals surface area contributed by atoms with Gasteiger partial charge >= 0.3 is 0 Å². The van der Waals surface area contributed by atoms with Crippen molar-refractivity contribution in [3.05, 3.63) is 69.7 Å². The van der Waals surface area contributed by atoms with E-state index in [2.05, 4.69) is 0 Å². The maximum atomic E-state index is 13.9. The molecule has 0 radical (unpaired) electrons. The van der Waals surface area contributed by atoms with Gasteiger partial charge in [0.25, 0.3) is 5.91 Å². The average Bonchev–Trinajstić information content (AvgIpc) is 2.78. The topological polar surface area (TPSA) is 127 Å². The Kier molecular flexibility index (Phi) is 9.44. The summed E-state index contributed by atoms with van der Waals surface area (Å²) >= 11 is 12.4. The minimum absolute atomic E-state index is 0.350. The summed E-state index contributed by atoms with van der Waals surface area (Å²) in [6.45, 7) is 6.37. The summed E-state index contributed by atoms with van der Waals surface area (Å²) in [7, 11) is -7.55. The van der Waals surface area contributed by atoms with E-state index < -0.39 is 67.1 Å².